The summed E-state index contributed by atoms with van der Waals surface area (Å²) in [7, 11) is 2.12. The molecule has 0 atom stereocenters. The molecule has 0 aromatic rings. The Morgan fingerprint density at radius 1 is 1.33 bits per heavy atom. The summed E-state index contributed by atoms with van der Waals surface area (Å²) in [6.07, 6.45) is 2.09. The van der Waals surface area contributed by atoms with Crippen LogP contribution >= 0.6 is 0 Å². The number of hydrogen-bond acceptors (Lipinski definition) is 3. The Morgan fingerprint density at radius 2 is 1.93 bits per heavy atom. The van der Waals surface area contributed by atoms with Gasteiger partial charge in [0, 0.05) is 12.5 Å². The summed E-state index contributed by atoms with van der Waals surface area (Å²) in [6, 6.07) is 0.594. The summed E-state index contributed by atoms with van der Waals surface area (Å²) in [5, 5.41) is 11.7. The fraction of sp³-hybridized carbons (Fsp3) is 0.909. The van der Waals surface area contributed by atoms with Crippen molar-refractivity contribution in [1.82, 2.24) is 10.2 Å². The topological polar surface area (TPSA) is 52.6 Å². The third-order valence-electron chi connectivity index (χ3n) is 2.49. The molecule has 0 rings (SSSR count). The minimum absolute atomic E-state index is 0.263. The van der Waals surface area contributed by atoms with E-state index in [9.17, 15) is 4.79 Å². The highest BCUT2D eigenvalue weighted by Gasteiger charge is 2.01. The lowest BCUT2D eigenvalue weighted by Crippen LogP contribution is -2.29. The minimum atomic E-state index is -0.712. The largest absolute Gasteiger partial charge is 0.481 e. The molecule has 0 heterocycles. The van der Waals surface area contributed by atoms with E-state index in [4.69, 9.17) is 5.11 Å². The van der Waals surface area contributed by atoms with E-state index >= 15 is 0 Å². The van der Waals surface area contributed by atoms with Gasteiger partial charge in [-0.05, 0) is 53.4 Å². The first-order chi connectivity index (χ1) is 7.04. The summed E-state index contributed by atoms with van der Waals surface area (Å²) in [6.45, 7) is 7.22. The van der Waals surface area contributed by atoms with Crippen molar-refractivity contribution in [3.63, 3.8) is 0 Å². The number of nitrogens with one attached hydrogen (secondary N) is 1. The van der Waals surface area contributed by atoms with Crippen LogP contribution in [0.2, 0.25) is 0 Å². The second-order valence-electron chi connectivity index (χ2n) is 4.18. The quantitative estimate of drug-likeness (QED) is 0.568. The van der Waals surface area contributed by atoms with Crippen molar-refractivity contribution in [1.29, 1.82) is 0 Å². The van der Waals surface area contributed by atoms with Gasteiger partial charge in [0.05, 0.1) is 0 Å². The normalized spacial score (nSPS) is 11.3. The van der Waals surface area contributed by atoms with Crippen molar-refractivity contribution in [2.24, 2.45) is 0 Å². The van der Waals surface area contributed by atoms with Gasteiger partial charge < -0.3 is 15.3 Å². The number of aliphatic carboxylic acids is 1. The molecule has 0 aliphatic heterocycles. The Morgan fingerprint density at radius 3 is 2.47 bits per heavy atom. The summed E-state index contributed by atoms with van der Waals surface area (Å²) >= 11 is 0. The molecule has 0 saturated heterocycles. The van der Waals surface area contributed by atoms with Gasteiger partial charge in [0.1, 0.15) is 0 Å². The van der Waals surface area contributed by atoms with Gasteiger partial charge in [-0.15, -0.1) is 0 Å². The molecule has 0 aliphatic rings. The average Bonchev–Trinajstić information content (AvgIpc) is 2.15. The number of nitrogens with zero attached hydrogens (tertiary/aromatic N) is 1. The van der Waals surface area contributed by atoms with Gasteiger partial charge in [-0.2, -0.15) is 0 Å². The summed E-state index contributed by atoms with van der Waals surface area (Å²) < 4.78 is 0. The summed E-state index contributed by atoms with van der Waals surface area (Å²) in [4.78, 5) is 12.5. The number of rotatable bonds is 9. The minimum Gasteiger partial charge on any atom is -0.481 e. The lowest BCUT2D eigenvalue weighted by atomic mass is 10.3. The summed E-state index contributed by atoms with van der Waals surface area (Å²) in [5.74, 6) is -0.712. The molecule has 0 radical (unpaired) electrons. The van der Waals surface area contributed by atoms with E-state index < -0.39 is 5.97 Å². The van der Waals surface area contributed by atoms with Crippen LogP contribution in [0.3, 0.4) is 0 Å². The van der Waals surface area contributed by atoms with E-state index in [-0.39, 0.29) is 6.42 Å². The van der Waals surface area contributed by atoms with Crippen molar-refractivity contribution in [2.75, 3.05) is 26.7 Å². The molecule has 0 saturated carbocycles. The maximum absolute atomic E-state index is 10.2. The lowest BCUT2D eigenvalue weighted by Gasteiger charge is -2.20. The molecule has 90 valence electrons. The molecule has 0 fully saturated rings. The molecule has 15 heavy (non-hydrogen) atoms. The zero-order valence-corrected chi connectivity index (χ0v) is 10.1. The van der Waals surface area contributed by atoms with E-state index in [1.807, 2.05) is 0 Å². The Balaban J connectivity index is 3.15. The monoisotopic (exact) mass is 216 g/mol. The van der Waals surface area contributed by atoms with Gasteiger partial charge in [0.15, 0.2) is 0 Å². The molecule has 0 aromatic carbocycles. The second kappa shape index (κ2) is 8.68. The molecule has 0 unspecified atom stereocenters. The number of carboxylic acids is 1. The van der Waals surface area contributed by atoms with E-state index in [2.05, 4.69) is 31.1 Å². The molecule has 0 bridgehead atoms. The van der Waals surface area contributed by atoms with E-state index in [0.29, 0.717) is 6.04 Å². The second-order valence-corrected chi connectivity index (χ2v) is 4.18. The van der Waals surface area contributed by atoms with Crippen LogP contribution in [0.4, 0.5) is 0 Å². The lowest BCUT2D eigenvalue weighted by molar-refractivity contribution is -0.137. The van der Waals surface area contributed by atoms with Crippen LogP contribution < -0.4 is 5.32 Å². The Hall–Kier alpha value is -0.610. The molecule has 0 spiro atoms. The van der Waals surface area contributed by atoms with Crippen LogP contribution in [0, 0.1) is 0 Å². The third-order valence-corrected chi connectivity index (χ3v) is 2.49. The van der Waals surface area contributed by atoms with Gasteiger partial charge in [-0.1, -0.05) is 0 Å². The standard InChI is InChI=1S/C11H24N2O2/c1-10(2)13(3)9-5-8-12-7-4-6-11(14)15/h10,12H,4-9H2,1-3H3,(H,14,15). The first kappa shape index (κ1) is 14.4. The maximum atomic E-state index is 10.2. The Kier molecular flexibility index (Phi) is 8.33. The predicted molar refractivity (Wildman–Crippen MR) is 62.1 cm³/mol. The number of carboxylic acid groups (broad SMARTS) is 1. The highest BCUT2D eigenvalue weighted by Crippen LogP contribution is 1.94. The zero-order valence-electron chi connectivity index (χ0n) is 10.1. The van der Waals surface area contributed by atoms with Crippen molar-refractivity contribution < 1.29 is 9.90 Å². The van der Waals surface area contributed by atoms with E-state index in [1.165, 1.54) is 0 Å². The molecule has 0 aromatic heterocycles. The van der Waals surface area contributed by atoms with Crippen molar-refractivity contribution >= 4 is 5.97 Å². The van der Waals surface area contributed by atoms with Crippen LogP contribution in [0.5, 0.6) is 0 Å². The predicted octanol–water partition coefficient (Wildman–Crippen LogP) is 1.17. The van der Waals surface area contributed by atoms with Crippen molar-refractivity contribution in [3.8, 4) is 0 Å². The highest BCUT2D eigenvalue weighted by atomic mass is 16.4. The van der Waals surface area contributed by atoms with Gasteiger partial charge >= 0.3 is 5.97 Å². The highest BCUT2D eigenvalue weighted by molar-refractivity contribution is 5.66. The van der Waals surface area contributed by atoms with E-state index in [0.717, 1.165) is 32.5 Å². The van der Waals surface area contributed by atoms with E-state index in [1.54, 1.807) is 0 Å². The Labute approximate surface area is 92.7 Å². The molecular weight excluding hydrogens is 192 g/mol. The van der Waals surface area contributed by atoms with Crippen LogP contribution in [0.1, 0.15) is 33.1 Å². The molecular formula is C11H24N2O2. The molecule has 0 aliphatic carbocycles. The molecule has 0 amide bonds. The number of hydrogen-bond donors (Lipinski definition) is 2. The van der Waals surface area contributed by atoms with Crippen molar-refractivity contribution in [2.45, 2.75) is 39.2 Å². The zero-order chi connectivity index (χ0) is 11.7. The van der Waals surface area contributed by atoms with Crippen LogP contribution in [0.15, 0.2) is 0 Å². The van der Waals surface area contributed by atoms with Gasteiger partial charge in [0.2, 0.25) is 0 Å². The van der Waals surface area contributed by atoms with Crippen LogP contribution in [0.25, 0.3) is 0 Å². The van der Waals surface area contributed by atoms with Gasteiger partial charge in [-0.3, -0.25) is 4.79 Å². The molecule has 4 heteroatoms. The maximum Gasteiger partial charge on any atom is 0.303 e. The third kappa shape index (κ3) is 9.69. The van der Waals surface area contributed by atoms with Crippen LogP contribution in [-0.2, 0) is 4.79 Å². The Bertz CT molecular complexity index is 172. The SMILES string of the molecule is CC(C)N(C)CCCNCCCC(=O)O. The summed E-state index contributed by atoms with van der Waals surface area (Å²) in [5.41, 5.74) is 0. The fourth-order valence-corrected chi connectivity index (χ4v) is 1.20. The van der Waals surface area contributed by atoms with Gasteiger partial charge in [0.25, 0.3) is 0 Å². The van der Waals surface area contributed by atoms with Crippen LogP contribution in [-0.4, -0.2) is 48.7 Å². The fourth-order valence-electron chi connectivity index (χ4n) is 1.20. The average molecular weight is 216 g/mol. The molecule has 2 N–H and O–H groups in total. The smallest absolute Gasteiger partial charge is 0.303 e. The first-order valence-corrected chi connectivity index (χ1v) is 5.66. The van der Waals surface area contributed by atoms with Gasteiger partial charge in [-0.25, -0.2) is 0 Å². The van der Waals surface area contributed by atoms with Crippen molar-refractivity contribution in [3.05, 3.63) is 0 Å². The molecule has 4 nitrogen and oxygen atoms in total. The number of carbonyl (C=O) groups is 1. The first-order valence-electron chi connectivity index (χ1n) is 5.66.